The van der Waals surface area contributed by atoms with Gasteiger partial charge in [-0.05, 0) is 31.0 Å². The van der Waals surface area contributed by atoms with E-state index in [9.17, 15) is 4.79 Å². The molecule has 0 atom stereocenters. The standard InChI is InChI=1S/C15H20ClNO2S/c16-12-4-3-5-13(10-12)19-11-15(18)17-8-9-20-14-6-1-2-7-14/h3-5,10,14H,1-2,6-9,11H2,(H,17,18). The van der Waals surface area contributed by atoms with Gasteiger partial charge in [0, 0.05) is 22.6 Å². The summed E-state index contributed by atoms with van der Waals surface area (Å²) < 4.78 is 5.38. The number of carbonyl (C=O) groups excluding carboxylic acids is 1. The van der Waals surface area contributed by atoms with E-state index in [0.717, 1.165) is 11.0 Å². The van der Waals surface area contributed by atoms with Crippen molar-refractivity contribution in [3.8, 4) is 5.75 Å². The third-order valence-electron chi connectivity index (χ3n) is 3.25. The van der Waals surface area contributed by atoms with Crippen LogP contribution < -0.4 is 10.1 Å². The fourth-order valence-corrected chi connectivity index (χ4v) is 3.63. The highest BCUT2D eigenvalue weighted by Crippen LogP contribution is 2.28. The molecule has 20 heavy (non-hydrogen) atoms. The number of rotatable bonds is 7. The van der Waals surface area contributed by atoms with Gasteiger partial charge in [0.1, 0.15) is 5.75 Å². The highest BCUT2D eigenvalue weighted by Gasteiger charge is 2.14. The van der Waals surface area contributed by atoms with Crippen LogP contribution in [0.2, 0.25) is 5.02 Å². The van der Waals surface area contributed by atoms with Crippen LogP contribution in [0.1, 0.15) is 25.7 Å². The molecular formula is C15H20ClNO2S. The SMILES string of the molecule is O=C(COc1cccc(Cl)c1)NCCSC1CCCC1. The predicted molar refractivity (Wildman–Crippen MR) is 84.7 cm³/mol. The Morgan fingerprint density at radius 3 is 2.95 bits per heavy atom. The van der Waals surface area contributed by atoms with Crippen LogP contribution in [0, 0.1) is 0 Å². The van der Waals surface area contributed by atoms with Crippen molar-refractivity contribution in [3.05, 3.63) is 29.3 Å². The lowest BCUT2D eigenvalue weighted by Gasteiger charge is -2.10. The van der Waals surface area contributed by atoms with Crippen LogP contribution in [-0.4, -0.2) is 30.1 Å². The molecule has 0 spiro atoms. The molecule has 0 aliphatic heterocycles. The van der Waals surface area contributed by atoms with Gasteiger partial charge in [0.15, 0.2) is 6.61 Å². The minimum atomic E-state index is -0.0861. The molecule has 3 nitrogen and oxygen atoms in total. The van der Waals surface area contributed by atoms with E-state index in [4.69, 9.17) is 16.3 Å². The maximum absolute atomic E-state index is 11.6. The summed E-state index contributed by atoms with van der Waals surface area (Å²) in [5, 5.41) is 4.28. The van der Waals surface area contributed by atoms with Gasteiger partial charge in [-0.15, -0.1) is 0 Å². The van der Waals surface area contributed by atoms with Crippen LogP contribution >= 0.6 is 23.4 Å². The van der Waals surface area contributed by atoms with Crippen molar-refractivity contribution in [2.75, 3.05) is 18.9 Å². The summed E-state index contributed by atoms with van der Waals surface area (Å²) in [6.07, 6.45) is 5.38. The van der Waals surface area contributed by atoms with E-state index in [-0.39, 0.29) is 12.5 Å². The first-order valence-electron chi connectivity index (χ1n) is 7.01. The Balaban J connectivity index is 1.56. The van der Waals surface area contributed by atoms with Crippen molar-refractivity contribution in [1.29, 1.82) is 0 Å². The minimum Gasteiger partial charge on any atom is -0.484 e. The van der Waals surface area contributed by atoms with Crippen LogP contribution in [-0.2, 0) is 4.79 Å². The van der Waals surface area contributed by atoms with E-state index in [0.29, 0.717) is 17.3 Å². The number of ether oxygens (including phenoxy) is 1. The summed E-state index contributed by atoms with van der Waals surface area (Å²) >= 11 is 7.81. The van der Waals surface area contributed by atoms with E-state index in [1.807, 2.05) is 11.8 Å². The zero-order valence-corrected chi connectivity index (χ0v) is 13.0. The van der Waals surface area contributed by atoms with Gasteiger partial charge >= 0.3 is 0 Å². The van der Waals surface area contributed by atoms with Gasteiger partial charge in [-0.3, -0.25) is 4.79 Å². The van der Waals surface area contributed by atoms with Crippen molar-refractivity contribution in [2.45, 2.75) is 30.9 Å². The monoisotopic (exact) mass is 313 g/mol. The summed E-state index contributed by atoms with van der Waals surface area (Å²) in [6.45, 7) is 0.743. The molecular weight excluding hydrogens is 294 g/mol. The lowest BCUT2D eigenvalue weighted by atomic mass is 10.3. The van der Waals surface area contributed by atoms with Gasteiger partial charge in [-0.25, -0.2) is 0 Å². The van der Waals surface area contributed by atoms with Crippen LogP contribution in [0.5, 0.6) is 5.75 Å². The average molecular weight is 314 g/mol. The Hall–Kier alpha value is -0.870. The molecule has 1 saturated carbocycles. The van der Waals surface area contributed by atoms with E-state index >= 15 is 0 Å². The first-order chi connectivity index (χ1) is 9.74. The van der Waals surface area contributed by atoms with Crippen LogP contribution in [0.25, 0.3) is 0 Å². The quantitative estimate of drug-likeness (QED) is 0.783. The first-order valence-corrected chi connectivity index (χ1v) is 8.43. The molecule has 5 heteroatoms. The van der Waals surface area contributed by atoms with E-state index in [1.54, 1.807) is 24.3 Å². The molecule has 1 amide bonds. The first kappa shape index (κ1) is 15.5. The third kappa shape index (κ3) is 5.63. The summed E-state index contributed by atoms with van der Waals surface area (Å²) in [5.74, 6) is 1.51. The van der Waals surface area contributed by atoms with Gasteiger partial charge in [-0.1, -0.05) is 30.5 Å². The van der Waals surface area contributed by atoms with Gasteiger partial charge in [0.2, 0.25) is 0 Å². The van der Waals surface area contributed by atoms with E-state index in [2.05, 4.69) is 5.32 Å². The highest BCUT2D eigenvalue weighted by molar-refractivity contribution is 7.99. The van der Waals surface area contributed by atoms with Gasteiger partial charge in [-0.2, -0.15) is 11.8 Å². The molecule has 0 heterocycles. The number of benzene rings is 1. The Bertz CT molecular complexity index is 436. The second kappa shape index (κ2) is 8.42. The fraction of sp³-hybridized carbons (Fsp3) is 0.533. The molecule has 1 aromatic rings. The second-order valence-corrected chi connectivity index (χ2v) is 6.72. The molecule has 1 N–H and O–H groups in total. The number of nitrogens with one attached hydrogen (secondary N) is 1. The molecule has 110 valence electrons. The smallest absolute Gasteiger partial charge is 0.257 e. The fourth-order valence-electron chi connectivity index (χ4n) is 2.23. The molecule has 0 unspecified atom stereocenters. The van der Waals surface area contributed by atoms with Crippen molar-refractivity contribution in [1.82, 2.24) is 5.32 Å². The number of carbonyl (C=O) groups is 1. The summed E-state index contributed by atoms with van der Waals surface area (Å²) in [4.78, 5) is 11.6. The van der Waals surface area contributed by atoms with Crippen molar-refractivity contribution in [2.24, 2.45) is 0 Å². The average Bonchev–Trinajstić information content (AvgIpc) is 2.95. The lowest BCUT2D eigenvalue weighted by molar-refractivity contribution is -0.122. The number of thioether (sulfide) groups is 1. The molecule has 1 fully saturated rings. The van der Waals surface area contributed by atoms with Crippen molar-refractivity contribution < 1.29 is 9.53 Å². The number of halogens is 1. The molecule has 0 aromatic heterocycles. The second-order valence-electron chi connectivity index (χ2n) is 4.87. The molecule has 1 aliphatic rings. The molecule has 1 aromatic carbocycles. The minimum absolute atomic E-state index is 0.0361. The Morgan fingerprint density at radius 1 is 1.40 bits per heavy atom. The maximum atomic E-state index is 11.6. The van der Waals surface area contributed by atoms with Gasteiger partial charge < -0.3 is 10.1 Å². The molecule has 2 rings (SSSR count). The highest BCUT2D eigenvalue weighted by atomic mass is 35.5. The van der Waals surface area contributed by atoms with Crippen LogP contribution in [0.3, 0.4) is 0 Å². The third-order valence-corrected chi connectivity index (χ3v) is 4.86. The summed E-state index contributed by atoms with van der Waals surface area (Å²) in [7, 11) is 0. The normalized spacial score (nSPS) is 15.2. The molecule has 0 bridgehead atoms. The van der Waals surface area contributed by atoms with Gasteiger partial charge in [0.25, 0.3) is 5.91 Å². The van der Waals surface area contributed by atoms with Crippen LogP contribution in [0.4, 0.5) is 0 Å². The summed E-state index contributed by atoms with van der Waals surface area (Å²) in [6, 6.07) is 7.06. The molecule has 0 radical (unpaired) electrons. The molecule has 0 saturated heterocycles. The Kier molecular flexibility index (Phi) is 6.54. The van der Waals surface area contributed by atoms with Gasteiger partial charge in [0.05, 0.1) is 0 Å². The summed E-state index contributed by atoms with van der Waals surface area (Å²) in [5.41, 5.74) is 0. The van der Waals surface area contributed by atoms with E-state index < -0.39 is 0 Å². The van der Waals surface area contributed by atoms with Crippen molar-refractivity contribution in [3.63, 3.8) is 0 Å². The zero-order valence-electron chi connectivity index (χ0n) is 11.4. The lowest BCUT2D eigenvalue weighted by Crippen LogP contribution is -2.30. The number of hydrogen-bond donors (Lipinski definition) is 1. The Morgan fingerprint density at radius 2 is 2.20 bits per heavy atom. The topological polar surface area (TPSA) is 38.3 Å². The molecule has 1 aliphatic carbocycles. The largest absolute Gasteiger partial charge is 0.484 e. The van der Waals surface area contributed by atoms with E-state index in [1.165, 1.54) is 25.7 Å². The zero-order chi connectivity index (χ0) is 14.2. The number of amides is 1. The Labute approximate surface area is 129 Å². The predicted octanol–water partition coefficient (Wildman–Crippen LogP) is 3.51. The maximum Gasteiger partial charge on any atom is 0.257 e. The number of hydrogen-bond acceptors (Lipinski definition) is 3. The van der Waals surface area contributed by atoms with Crippen molar-refractivity contribution >= 4 is 29.3 Å². The van der Waals surface area contributed by atoms with Crippen LogP contribution in [0.15, 0.2) is 24.3 Å².